The van der Waals surface area contributed by atoms with Gasteiger partial charge in [0, 0.05) is 18.9 Å². The fourth-order valence-electron chi connectivity index (χ4n) is 3.32. The van der Waals surface area contributed by atoms with Crippen LogP contribution in [-0.4, -0.2) is 30.0 Å². The van der Waals surface area contributed by atoms with Crippen molar-refractivity contribution in [3.05, 3.63) is 102 Å². The number of benzene rings is 2. The second-order valence-electron chi connectivity index (χ2n) is 7.19. The summed E-state index contributed by atoms with van der Waals surface area (Å²) in [5, 5.41) is 6.54. The van der Waals surface area contributed by atoms with E-state index in [0.29, 0.717) is 13.0 Å². The largest absolute Gasteiger partial charge is 0.354 e. The van der Waals surface area contributed by atoms with Gasteiger partial charge in [-0.25, -0.2) is 0 Å². The van der Waals surface area contributed by atoms with Crippen LogP contribution in [0.15, 0.2) is 85.2 Å². The summed E-state index contributed by atoms with van der Waals surface area (Å²) >= 11 is 0. The van der Waals surface area contributed by atoms with E-state index >= 15 is 0 Å². The van der Waals surface area contributed by atoms with Gasteiger partial charge in [0.15, 0.2) is 0 Å². The second-order valence-corrected chi connectivity index (χ2v) is 7.19. The normalized spacial score (nSPS) is 11.7. The number of aromatic nitrogens is 1. The maximum atomic E-state index is 12.8. The highest BCUT2D eigenvalue weighted by molar-refractivity contribution is 5.82. The lowest BCUT2D eigenvalue weighted by Gasteiger charge is -2.19. The Kier molecular flexibility index (Phi) is 8.42. The molecule has 2 N–H and O–H groups in total. The standard InChI is InChI=1S/C25H29N3O/c29-25(28-18-15-23-14-7-16-26-20-23)24(19-22-11-5-2-6-12-22)27-17-8-13-21-9-3-1-4-10-21/h1-7,9-12,14,16,20,24,27H,8,13,15,17-19H2,(H,28,29). The summed E-state index contributed by atoms with van der Waals surface area (Å²) in [4.78, 5) is 16.9. The molecule has 0 fully saturated rings. The Bertz CT molecular complexity index is 838. The molecular formula is C25H29N3O. The minimum atomic E-state index is -0.234. The second kappa shape index (κ2) is 11.8. The molecule has 1 aromatic heterocycles. The van der Waals surface area contributed by atoms with E-state index in [-0.39, 0.29) is 11.9 Å². The zero-order valence-electron chi connectivity index (χ0n) is 16.8. The summed E-state index contributed by atoms with van der Waals surface area (Å²) in [6.07, 6.45) is 7.08. The maximum Gasteiger partial charge on any atom is 0.237 e. The number of nitrogens with one attached hydrogen (secondary N) is 2. The third-order valence-electron chi connectivity index (χ3n) is 4.91. The van der Waals surface area contributed by atoms with Gasteiger partial charge >= 0.3 is 0 Å². The molecule has 4 heteroatoms. The maximum absolute atomic E-state index is 12.8. The van der Waals surface area contributed by atoms with E-state index in [9.17, 15) is 4.79 Å². The Morgan fingerprint density at radius 3 is 2.17 bits per heavy atom. The third-order valence-corrected chi connectivity index (χ3v) is 4.91. The number of pyridine rings is 1. The Hall–Kier alpha value is -2.98. The molecule has 0 radical (unpaired) electrons. The van der Waals surface area contributed by atoms with E-state index in [0.717, 1.165) is 36.9 Å². The molecule has 0 aliphatic heterocycles. The van der Waals surface area contributed by atoms with Crippen molar-refractivity contribution < 1.29 is 4.79 Å². The monoisotopic (exact) mass is 387 g/mol. The molecule has 0 spiro atoms. The van der Waals surface area contributed by atoms with Gasteiger partial charge in [-0.05, 0) is 55.0 Å². The number of carbonyl (C=O) groups excluding carboxylic acids is 1. The van der Waals surface area contributed by atoms with Crippen molar-refractivity contribution in [1.82, 2.24) is 15.6 Å². The number of hydrogen-bond acceptors (Lipinski definition) is 3. The molecule has 1 heterocycles. The van der Waals surface area contributed by atoms with E-state index < -0.39 is 0 Å². The van der Waals surface area contributed by atoms with E-state index in [1.165, 1.54) is 5.56 Å². The number of carbonyl (C=O) groups is 1. The van der Waals surface area contributed by atoms with Crippen molar-refractivity contribution in [3.63, 3.8) is 0 Å². The molecule has 4 nitrogen and oxygen atoms in total. The van der Waals surface area contributed by atoms with Crippen molar-refractivity contribution in [2.75, 3.05) is 13.1 Å². The summed E-state index contributed by atoms with van der Waals surface area (Å²) in [7, 11) is 0. The van der Waals surface area contributed by atoms with Gasteiger partial charge < -0.3 is 10.6 Å². The fourth-order valence-corrected chi connectivity index (χ4v) is 3.32. The van der Waals surface area contributed by atoms with Crippen LogP contribution in [0.25, 0.3) is 0 Å². The van der Waals surface area contributed by atoms with Gasteiger partial charge in [0.2, 0.25) is 5.91 Å². The van der Waals surface area contributed by atoms with Crippen LogP contribution in [0, 0.1) is 0 Å². The lowest BCUT2D eigenvalue weighted by Crippen LogP contribution is -2.46. The van der Waals surface area contributed by atoms with Gasteiger partial charge in [-0.1, -0.05) is 66.7 Å². The molecule has 3 rings (SSSR count). The van der Waals surface area contributed by atoms with Gasteiger partial charge in [0.25, 0.3) is 0 Å². The van der Waals surface area contributed by atoms with E-state index in [2.05, 4.69) is 52.0 Å². The number of nitrogens with zero attached hydrogens (tertiary/aromatic N) is 1. The van der Waals surface area contributed by atoms with Gasteiger partial charge in [-0.3, -0.25) is 9.78 Å². The molecule has 150 valence electrons. The summed E-state index contributed by atoms with van der Waals surface area (Å²) < 4.78 is 0. The van der Waals surface area contributed by atoms with Crippen LogP contribution in [0.3, 0.4) is 0 Å². The molecule has 0 saturated heterocycles. The van der Waals surface area contributed by atoms with Crippen LogP contribution in [0.1, 0.15) is 23.1 Å². The van der Waals surface area contributed by atoms with E-state index in [1.54, 1.807) is 6.20 Å². The molecule has 1 unspecified atom stereocenters. The smallest absolute Gasteiger partial charge is 0.237 e. The first-order chi connectivity index (χ1) is 14.3. The van der Waals surface area contributed by atoms with Gasteiger partial charge in [0.1, 0.15) is 0 Å². The number of amides is 1. The summed E-state index contributed by atoms with van der Waals surface area (Å²) in [5.74, 6) is 0.0532. The first kappa shape index (κ1) is 20.7. The fraction of sp³-hybridized carbons (Fsp3) is 0.280. The van der Waals surface area contributed by atoms with E-state index in [4.69, 9.17) is 0 Å². The average molecular weight is 388 g/mol. The number of hydrogen-bond donors (Lipinski definition) is 2. The molecule has 0 bridgehead atoms. The predicted molar refractivity (Wildman–Crippen MR) is 118 cm³/mol. The Balaban J connectivity index is 1.49. The molecular weight excluding hydrogens is 358 g/mol. The minimum Gasteiger partial charge on any atom is -0.354 e. The number of aryl methyl sites for hydroxylation is 1. The van der Waals surface area contributed by atoms with Crippen LogP contribution in [0.5, 0.6) is 0 Å². The van der Waals surface area contributed by atoms with Crippen molar-refractivity contribution >= 4 is 5.91 Å². The predicted octanol–water partition coefficient (Wildman–Crippen LogP) is 3.57. The van der Waals surface area contributed by atoms with Crippen LogP contribution in [0.2, 0.25) is 0 Å². The molecule has 1 atom stereocenters. The van der Waals surface area contributed by atoms with Crippen molar-refractivity contribution in [2.24, 2.45) is 0 Å². The zero-order valence-corrected chi connectivity index (χ0v) is 16.8. The van der Waals surface area contributed by atoms with E-state index in [1.807, 2.05) is 42.6 Å². The van der Waals surface area contributed by atoms with Crippen LogP contribution >= 0.6 is 0 Å². The lowest BCUT2D eigenvalue weighted by atomic mass is 10.0. The molecule has 1 amide bonds. The van der Waals surface area contributed by atoms with Crippen molar-refractivity contribution in [1.29, 1.82) is 0 Å². The van der Waals surface area contributed by atoms with Crippen LogP contribution in [-0.2, 0) is 24.1 Å². The molecule has 29 heavy (non-hydrogen) atoms. The zero-order chi connectivity index (χ0) is 20.2. The molecule has 2 aromatic carbocycles. The molecule has 0 aliphatic carbocycles. The van der Waals surface area contributed by atoms with Crippen molar-refractivity contribution in [3.8, 4) is 0 Å². The number of rotatable bonds is 11. The van der Waals surface area contributed by atoms with Crippen molar-refractivity contribution in [2.45, 2.75) is 31.7 Å². The highest BCUT2D eigenvalue weighted by atomic mass is 16.2. The third kappa shape index (κ3) is 7.51. The molecule has 3 aromatic rings. The first-order valence-electron chi connectivity index (χ1n) is 10.3. The Morgan fingerprint density at radius 1 is 0.793 bits per heavy atom. The summed E-state index contributed by atoms with van der Waals surface area (Å²) in [5.41, 5.74) is 3.62. The van der Waals surface area contributed by atoms with Crippen LogP contribution < -0.4 is 10.6 Å². The topological polar surface area (TPSA) is 54.0 Å². The average Bonchev–Trinajstić information content (AvgIpc) is 2.78. The highest BCUT2D eigenvalue weighted by Gasteiger charge is 2.17. The quantitative estimate of drug-likeness (QED) is 0.495. The summed E-state index contributed by atoms with van der Waals surface area (Å²) in [6.45, 7) is 1.42. The molecule has 0 aliphatic rings. The first-order valence-corrected chi connectivity index (χ1v) is 10.3. The molecule has 0 saturated carbocycles. The van der Waals surface area contributed by atoms with Crippen LogP contribution in [0.4, 0.5) is 0 Å². The SMILES string of the molecule is O=C(NCCc1cccnc1)C(Cc1ccccc1)NCCCc1ccccc1. The Morgan fingerprint density at radius 2 is 1.48 bits per heavy atom. The lowest BCUT2D eigenvalue weighted by molar-refractivity contribution is -0.123. The minimum absolute atomic E-state index is 0.0532. The van der Waals surface area contributed by atoms with Gasteiger partial charge in [0.05, 0.1) is 6.04 Å². The van der Waals surface area contributed by atoms with Gasteiger partial charge in [-0.2, -0.15) is 0 Å². The highest BCUT2D eigenvalue weighted by Crippen LogP contribution is 2.06. The van der Waals surface area contributed by atoms with Gasteiger partial charge in [-0.15, -0.1) is 0 Å². The summed E-state index contributed by atoms with van der Waals surface area (Å²) in [6, 6.07) is 24.3. The Labute approximate surface area is 173 Å².